The van der Waals surface area contributed by atoms with Gasteiger partial charge in [-0.25, -0.2) is 14.9 Å². The summed E-state index contributed by atoms with van der Waals surface area (Å²) in [5.41, 5.74) is 2.33. The van der Waals surface area contributed by atoms with Gasteiger partial charge in [-0.3, -0.25) is 9.63 Å². The highest BCUT2D eigenvalue weighted by molar-refractivity contribution is 6.30. The quantitative estimate of drug-likeness (QED) is 0.507. The van der Waals surface area contributed by atoms with Crippen molar-refractivity contribution in [2.45, 2.75) is 20.0 Å². The summed E-state index contributed by atoms with van der Waals surface area (Å²) in [5.74, 6) is -0.359. The fourth-order valence-electron chi connectivity index (χ4n) is 1.83. The number of halogens is 2. The van der Waals surface area contributed by atoms with Crippen molar-refractivity contribution >= 4 is 17.5 Å². The average molecular weight is 395 g/mol. The zero-order valence-electron chi connectivity index (χ0n) is 14.9. The molecule has 1 N–H and O–H groups in total. The van der Waals surface area contributed by atoms with Gasteiger partial charge in [-0.2, -0.15) is 0 Å². The van der Waals surface area contributed by atoms with Crippen molar-refractivity contribution in [1.82, 2.24) is 10.5 Å². The molecule has 2 unspecified atom stereocenters. The zero-order chi connectivity index (χ0) is 19.8. The minimum absolute atomic E-state index is 0.119. The maximum absolute atomic E-state index is 13.7. The molecule has 0 spiro atoms. The Morgan fingerprint density at radius 3 is 2.63 bits per heavy atom. The first-order valence-electron chi connectivity index (χ1n) is 8.19. The molecule has 144 valence electrons. The van der Waals surface area contributed by atoms with Crippen LogP contribution in [0.5, 0.6) is 17.4 Å². The second-order valence-electron chi connectivity index (χ2n) is 5.76. The molecule has 0 saturated heterocycles. The number of rotatable bonds is 9. The summed E-state index contributed by atoms with van der Waals surface area (Å²) in [6.45, 7) is 7.46. The third-order valence-electron chi connectivity index (χ3n) is 3.42. The number of hydroxylamine groups is 1. The van der Waals surface area contributed by atoms with Crippen LogP contribution in [0, 0.1) is 11.7 Å². The number of ether oxygens (including phenoxy) is 2. The first kappa shape index (κ1) is 20.7. The average Bonchev–Trinajstić information content (AvgIpc) is 2.65. The maximum atomic E-state index is 13.7. The van der Waals surface area contributed by atoms with E-state index < -0.39 is 17.8 Å². The second-order valence-corrected chi connectivity index (χ2v) is 6.20. The van der Waals surface area contributed by atoms with Crippen molar-refractivity contribution in [2.75, 3.05) is 6.61 Å². The normalized spacial score (nSPS) is 12.7. The Morgan fingerprint density at radius 2 is 2.00 bits per heavy atom. The van der Waals surface area contributed by atoms with Gasteiger partial charge in [0.15, 0.2) is 11.9 Å². The van der Waals surface area contributed by atoms with Crippen LogP contribution in [-0.2, 0) is 9.63 Å². The first-order chi connectivity index (χ1) is 12.9. The molecule has 0 aliphatic heterocycles. The van der Waals surface area contributed by atoms with Crippen LogP contribution in [0.3, 0.4) is 0 Å². The smallest absolute Gasteiger partial charge is 0.284 e. The van der Waals surface area contributed by atoms with Gasteiger partial charge < -0.3 is 9.47 Å². The summed E-state index contributed by atoms with van der Waals surface area (Å²) in [7, 11) is 0. The summed E-state index contributed by atoms with van der Waals surface area (Å²) >= 11 is 5.65. The summed E-state index contributed by atoms with van der Waals surface area (Å²) < 4.78 is 24.6. The molecular weight excluding hydrogens is 375 g/mol. The number of benzene rings is 1. The lowest BCUT2D eigenvalue weighted by atomic mass is 10.2. The fraction of sp³-hybridized carbons (Fsp3) is 0.263. The van der Waals surface area contributed by atoms with Gasteiger partial charge in [-0.1, -0.05) is 24.6 Å². The minimum Gasteiger partial charge on any atom is -0.481 e. The molecule has 0 saturated carbocycles. The Bertz CT molecular complexity index is 786. The lowest BCUT2D eigenvalue weighted by Crippen LogP contribution is -2.37. The molecule has 8 heteroatoms. The van der Waals surface area contributed by atoms with Crippen molar-refractivity contribution in [3.8, 4) is 17.4 Å². The van der Waals surface area contributed by atoms with E-state index in [1.54, 1.807) is 37.3 Å². The molecular formula is C19H20ClFN2O4. The standard InChI is InChI=1S/C19H20ClFN2O4/c1-4-12(2)11-25-23-18(24)13(3)26-15-5-7-16(8-6-15)27-19-17(21)9-14(20)10-22-19/h4-10,12-13H,1,11H2,2-3H3,(H,23,24). The van der Waals surface area contributed by atoms with Crippen LogP contribution in [-0.4, -0.2) is 23.6 Å². The van der Waals surface area contributed by atoms with Crippen molar-refractivity contribution in [3.63, 3.8) is 0 Å². The number of pyridine rings is 1. The highest BCUT2D eigenvalue weighted by atomic mass is 35.5. The van der Waals surface area contributed by atoms with Crippen LogP contribution in [0.15, 0.2) is 49.2 Å². The third kappa shape index (κ3) is 6.54. The van der Waals surface area contributed by atoms with Gasteiger partial charge in [-0.05, 0) is 43.2 Å². The molecule has 1 heterocycles. The topological polar surface area (TPSA) is 69.7 Å². The van der Waals surface area contributed by atoms with E-state index in [2.05, 4.69) is 17.0 Å². The number of nitrogens with zero attached hydrogens (tertiary/aromatic N) is 1. The molecule has 2 aromatic rings. The predicted molar refractivity (Wildman–Crippen MR) is 99.3 cm³/mol. The van der Waals surface area contributed by atoms with E-state index in [4.69, 9.17) is 25.9 Å². The van der Waals surface area contributed by atoms with Gasteiger partial charge >= 0.3 is 0 Å². The fourth-order valence-corrected chi connectivity index (χ4v) is 1.97. The third-order valence-corrected chi connectivity index (χ3v) is 3.62. The highest BCUT2D eigenvalue weighted by Gasteiger charge is 2.15. The largest absolute Gasteiger partial charge is 0.481 e. The van der Waals surface area contributed by atoms with Crippen molar-refractivity contribution in [2.24, 2.45) is 5.92 Å². The molecule has 1 aromatic heterocycles. The molecule has 2 rings (SSSR count). The Labute approximate surface area is 161 Å². The SMILES string of the molecule is C=CC(C)CONC(=O)C(C)Oc1ccc(Oc2ncc(Cl)cc2F)cc1. The predicted octanol–water partition coefficient (Wildman–Crippen LogP) is 4.30. The van der Waals surface area contributed by atoms with Crippen LogP contribution >= 0.6 is 11.6 Å². The van der Waals surface area contributed by atoms with Crippen molar-refractivity contribution in [3.05, 3.63) is 60.0 Å². The van der Waals surface area contributed by atoms with E-state index in [1.165, 1.54) is 6.20 Å². The summed E-state index contributed by atoms with van der Waals surface area (Å²) in [6, 6.07) is 7.43. The number of carbonyl (C=O) groups excluding carboxylic acids is 1. The Hall–Kier alpha value is -2.64. The molecule has 2 atom stereocenters. The molecule has 0 aliphatic rings. The number of hydrogen-bond acceptors (Lipinski definition) is 5. The number of hydrogen-bond donors (Lipinski definition) is 1. The van der Waals surface area contributed by atoms with Crippen molar-refractivity contribution < 1.29 is 23.5 Å². The van der Waals surface area contributed by atoms with E-state index in [-0.39, 0.29) is 16.8 Å². The molecule has 0 radical (unpaired) electrons. The maximum Gasteiger partial charge on any atom is 0.284 e. The van der Waals surface area contributed by atoms with Crippen molar-refractivity contribution in [1.29, 1.82) is 0 Å². The minimum atomic E-state index is -0.772. The molecule has 0 bridgehead atoms. The van der Waals surface area contributed by atoms with Crippen LogP contribution in [0.1, 0.15) is 13.8 Å². The monoisotopic (exact) mass is 394 g/mol. The Kier molecular flexibility index (Phi) is 7.57. The molecule has 0 aliphatic carbocycles. The number of amides is 1. The first-order valence-corrected chi connectivity index (χ1v) is 8.56. The van der Waals surface area contributed by atoms with Crippen LogP contribution in [0.2, 0.25) is 5.02 Å². The van der Waals surface area contributed by atoms with E-state index >= 15 is 0 Å². The highest BCUT2D eigenvalue weighted by Crippen LogP contribution is 2.26. The van der Waals surface area contributed by atoms with Gasteiger partial charge in [0.05, 0.1) is 11.6 Å². The Balaban J connectivity index is 1.87. The molecule has 1 amide bonds. The lowest BCUT2D eigenvalue weighted by Gasteiger charge is -2.15. The van der Waals surface area contributed by atoms with E-state index in [0.717, 1.165) is 6.07 Å². The molecule has 27 heavy (non-hydrogen) atoms. The number of carbonyl (C=O) groups is 1. The van der Waals surface area contributed by atoms with E-state index in [1.807, 2.05) is 6.92 Å². The van der Waals surface area contributed by atoms with Gasteiger partial charge in [0, 0.05) is 6.20 Å². The van der Waals surface area contributed by atoms with Gasteiger partial charge in [0.1, 0.15) is 11.5 Å². The number of aromatic nitrogens is 1. The summed E-state index contributed by atoms with van der Waals surface area (Å²) in [6.07, 6.45) is 2.24. The molecule has 6 nitrogen and oxygen atoms in total. The van der Waals surface area contributed by atoms with Crippen LogP contribution in [0.4, 0.5) is 4.39 Å². The summed E-state index contributed by atoms with van der Waals surface area (Å²) in [4.78, 5) is 20.8. The van der Waals surface area contributed by atoms with Gasteiger partial charge in [0.25, 0.3) is 11.8 Å². The molecule has 0 fully saturated rings. The Morgan fingerprint density at radius 1 is 1.33 bits per heavy atom. The van der Waals surface area contributed by atoms with Crippen LogP contribution in [0.25, 0.3) is 0 Å². The van der Waals surface area contributed by atoms with E-state index in [0.29, 0.717) is 18.1 Å². The van der Waals surface area contributed by atoms with Gasteiger partial charge in [0.2, 0.25) is 0 Å². The zero-order valence-corrected chi connectivity index (χ0v) is 15.7. The van der Waals surface area contributed by atoms with Gasteiger partial charge in [-0.15, -0.1) is 6.58 Å². The second kappa shape index (κ2) is 9.89. The summed E-state index contributed by atoms with van der Waals surface area (Å²) in [5, 5.41) is 0.179. The number of nitrogens with one attached hydrogen (secondary N) is 1. The lowest BCUT2D eigenvalue weighted by molar-refractivity contribution is -0.140. The van der Waals surface area contributed by atoms with Crippen LogP contribution < -0.4 is 15.0 Å². The molecule has 1 aromatic carbocycles. The van der Waals surface area contributed by atoms with E-state index in [9.17, 15) is 9.18 Å².